The standard InChI is InChI=1S/C18H9F4N3O2S2/c19-8-3-11(20)10(12(21)4-8)7-29-18-24-14-1-2-28-15(14)17(27)25(18)9-5-13(22)16(26)23-6-9/h1-6H,7H2,(H,23,26). The number of aromatic nitrogens is 3. The van der Waals surface area contributed by atoms with Crippen LogP contribution < -0.4 is 11.1 Å². The maximum Gasteiger partial charge on any atom is 0.284 e. The highest BCUT2D eigenvalue weighted by Crippen LogP contribution is 2.28. The van der Waals surface area contributed by atoms with Crippen molar-refractivity contribution in [1.29, 1.82) is 0 Å². The average Bonchev–Trinajstić information content (AvgIpc) is 3.12. The molecule has 0 radical (unpaired) electrons. The van der Waals surface area contributed by atoms with E-state index in [1.165, 1.54) is 0 Å². The number of hydrogen-bond acceptors (Lipinski definition) is 5. The summed E-state index contributed by atoms with van der Waals surface area (Å²) in [6.45, 7) is 0. The summed E-state index contributed by atoms with van der Waals surface area (Å²) in [7, 11) is 0. The number of thioether (sulfide) groups is 1. The predicted molar refractivity (Wildman–Crippen MR) is 102 cm³/mol. The first kappa shape index (κ1) is 19.4. The molecule has 148 valence electrons. The Morgan fingerprint density at radius 1 is 1.07 bits per heavy atom. The largest absolute Gasteiger partial charge is 0.324 e. The minimum Gasteiger partial charge on any atom is -0.324 e. The van der Waals surface area contributed by atoms with E-state index in [1.54, 1.807) is 11.4 Å². The number of nitrogens with zero attached hydrogens (tertiary/aromatic N) is 2. The van der Waals surface area contributed by atoms with Gasteiger partial charge in [-0.2, -0.15) is 0 Å². The molecule has 1 N–H and O–H groups in total. The highest BCUT2D eigenvalue weighted by molar-refractivity contribution is 7.98. The summed E-state index contributed by atoms with van der Waals surface area (Å²) >= 11 is 1.94. The Hall–Kier alpha value is -2.92. The predicted octanol–water partition coefficient (Wildman–Crippen LogP) is 3.98. The first-order chi connectivity index (χ1) is 13.8. The van der Waals surface area contributed by atoms with Crippen molar-refractivity contribution in [1.82, 2.24) is 14.5 Å². The van der Waals surface area contributed by atoms with Crippen LogP contribution in [0.2, 0.25) is 0 Å². The van der Waals surface area contributed by atoms with Crippen molar-refractivity contribution in [3.8, 4) is 5.69 Å². The molecule has 0 saturated heterocycles. The van der Waals surface area contributed by atoms with Gasteiger partial charge in [0.05, 0.1) is 11.2 Å². The Morgan fingerprint density at radius 2 is 1.79 bits per heavy atom. The monoisotopic (exact) mass is 439 g/mol. The molecular weight excluding hydrogens is 430 g/mol. The Balaban J connectivity index is 1.84. The van der Waals surface area contributed by atoms with E-state index in [1.807, 2.05) is 0 Å². The van der Waals surface area contributed by atoms with Crippen LogP contribution in [-0.2, 0) is 5.75 Å². The first-order valence-electron chi connectivity index (χ1n) is 8.00. The normalized spacial score (nSPS) is 11.3. The molecule has 3 heterocycles. The van der Waals surface area contributed by atoms with Crippen molar-refractivity contribution in [2.24, 2.45) is 0 Å². The van der Waals surface area contributed by atoms with E-state index < -0.39 is 40.0 Å². The molecular formula is C18H9F4N3O2S2. The molecule has 0 aliphatic carbocycles. The topological polar surface area (TPSA) is 67.8 Å². The molecule has 1 aromatic carbocycles. The quantitative estimate of drug-likeness (QED) is 0.297. The third-order valence-electron chi connectivity index (χ3n) is 4.00. The maximum atomic E-state index is 13.9. The van der Waals surface area contributed by atoms with Crippen molar-refractivity contribution in [2.45, 2.75) is 10.9 Å². The van der Waals surface area contributed by atoms with Crippen molar-refractivity contribution in [3.05, 3.63) is 85.4 Å². The van der Waals surface area contributed by atoms with Crippen LogP contribution >= 0.6 is 23.1 Å². The van der Waals surface area contributed by atoms with Gasteiger partial charge in [-0.25, -0.2) is 22.5 Å². The van der Waals surface area contributed by atoms with Gasteiger partial charge in [0.1, 0.15) is 22.2 Å². The Morgan fingerprint density at radius 3 is 2.48 bits per heavy atom. The third-order valence-corrected chi connectivity index (χ3v) is 5.86. The second-order valence-electron chi connectivity index (χ2n) is 5.84. The number of halogens is 4. The van der Waals surface area contributed by atoms with Gasteiger partial charge < -0.3 is 4.98 Å². The van der Waals surface area contributed by atoms with Crippen LogP contribution in [0.4, 0.5) is 17.6 Å². The van der Waals surface area contributed by atoms with Gasteiger partial charge in [-0.15, -0.1) is 11.3 Å². The van der Waals surface area contributed by atoms with Gasteiger partial charge in [-0.05, 0) is 11.4 Å². The van der Waals surface area contributed by atoms with Crippen molar-refractivity contribution < 1.29 is 17.6 Å². The zero-order valence-corrected chi connectivity index (χ0v) is 15.8. The van der Waals surface area contributed by atoms with E-state index >= 15 is 0 Å². The highest BCUT2D eigenvalue weighted by atomic mass is 32.2. The number of nitrogens with one attached hydrogen (secondary N) is 1. The van der Waals surface area contributed by atoms with Crippen LogP contribution in [0.25, 0.3) is 15.9 Å². The Bertz CT molecular complexity index is 1340. The van der Waals surface area contributed by atoms with Gasteiger partial charge in [0.25, 0.3) is 11.1 Å². The summed E-state index contributed by atoms with van der Waals surface area (Å²) in [5, 5.41) is 1.67. The second-order valence-corrected chi connectivity index (χ2v) is 7.70. The average molecular weight is 439 g/mol. The number of aromatic amines is 1. The van der Waals surface area contributed by atoms with E-state index in [9.17, 15) is 27.2 Å². The lowest BCUT2D eigenvalue weighted by molar-refractivity contribution is 0.531. The summed E-state index contributed by atoms with van der Waals surface area (Å²) < 4.78 is 56.1. The van der Waals surface area contributed by atoms with Crippen molar-refractivity contribution in [3.63, 3.8) is 0 Å². The maximum absolute atomic E-state index is 13.9. The summed E-state index contributed by atoms with van der Waals surface area (Å²) in [5.74, 6) is -4.60. The SMILES string of the molecule is O=c1[nH]cc(-n2c(SCc3c(F)cc(F)cc3F)nc3ccsc3c2=O)cc1F. The lowest BCUT2D eigenvalue weighted by Crippen LogP contribution is -2.22. The highest BCUT2D eigenvalue weighted by Gasteiger charge is 2.18. The first-order valence-corrected chi connectivity index (χ1v) is 9.87. The van der Waals surface area contributed by atoms with E-state index in [2.05, 4.69) is 9.97 Å². The van der Waals surface area contributed by atoms with Gasteiger partial charge in [0.2, 0.25) is 0 Å². The Kier molecular flexibility index (Phi) is 5.01. The summed E-state index contributed by atoms with van der Waals surface area (Å²) in [6.07, 6.45) is 1.14. The van der Waals surface area contributed by atoms with Gasteiger partial charge in [0, 0.05) is 35.7 Å². The summed E-state index contributed by atoms with van der Waals surface area (Å²) in [4.78, 5) is 30.7. The molecule has 3 aromatic heterocycles. The molecule has 0 spiro atoms. The van der Waals surface area contributed by atoms with Crippen molar-refractivity contribution in [2.75, 3.05) is 0 Å². The van der Waals surface area contributed by atoms with E-state index in [0.717, 1.165) is 39.9 Å². The molecule has 0 fully saturated rings. The van der Waals surface area contributed by atoms with E-state index in [0.29, 0.717) is 22.3 Å². The minimum absolute atomic E-state index is 0.00236. The lowest BCUT2D eigenvalue weighted by Gasteiger charge is -2.12. The molecule has 11 heteroatoms. The van der Waals surface area contributed by atoms with Crippen LogP contribution in [-0.4, -0.2) is 14.5 Å². The van der Waals surface area contributed by atoms with Gasteiger partial charge in [0.15, 0.2) is 11.0 Å². The van der Waals surface area contributed by atoms with E-state index in [4.69, 9.17) is 0 Å². The molecule has 0 atom stereocenters. The molecule has 4 aromatic rings. The van der Waals surface area contributed by atoms with E-state index in [-0.39, 0.29) is 16.6 Å². The second kappa shape index (κ2) is 7.48. The molecule has 4 rings (SSSR count). The number of pyridine rings is 1. The molecule has 0 amide bonds. The fourth-order valence-corrected chi connectivity index (χ4v) is 4.43. The van der Waals surface area contributed by atoms with Crippen LogP contribution in [0.1, 0.15) is 5.56 Å². The fraction of sp³-hybridized carbons (Fsp3) is 0.0556. The zero-order chi connectivity index (χ0) is 20.7. The molecule has 0 aliphatic rings. The molecule has 29 heavy (non-hydrogen) atoms. The molecule has 0 bridgehead atoms. The summed E-state index contributed by atoms with van der Waals surface area (Å²) in [6, 6.07) is 3.57. The van der Waals surface area contributed by atoms with Gasteiger partial charge >= 0.3 is 0 Å². The van der Waals surface area contributed by atoms with Crippen LogP contribution in [0.5, 0.6) is 0 Å². The number of H-pyrrole nitrogens is 1. The lowest BCUT2D eigenvalue weighted by atomic mass is 10.2. The number of thiophene rings is 1. The van der Waals surface area contributed by atoms with Crippen LogP contribution in [0.15, 0.2) is 50.6 Å². The smallest absolute Gasteiger partial charge is 0.284 e. The third kappa shape index (κ3) is 3.58. The summed E-state index contributed by atoms with van der Waals surface area (Å²) in [5.41, 5.74) is -1.52. The molecule has 0 saturated carbocycles. The molecule has 0 unspecified atom stereocenters. The fourth-order valence-electron chi connectivity index (χ4n) is 2.64. The van der Waals surface area contributed by atoms with Gasteiger partial charge in [-0.3, -0.25) is 14.2 Å². The van der Waals surface area contributed by atoms with Crippen molar-refractivity contribution >= 4 is 33.3 Å². The van der Waals surface area contributed by atoms with Gasteiger partial charge in [-0.1, -0.05) is 11.8 Å². The number of benzene rings is 1. The van der Waals surface area contributed by atoms with Crippen LogP contribution in [0, 0.1) is 23.3 Å². The molecule has 5 nitrogen and oxygen atoms in total. The van der Waals surface area contributed by atoms with Crippen LogP contribution in [0.3, 0.4) is 0 Å². The minimum atomic E-state index is -1.10. The molecule has 0 aliphatic heterocycles. The Labute approximate surface area is 167 Å². The zero-order valence-electron chi connectivity index (χ0n) is 14.2. The number of hydrogen-bond donors (Lipinski definition) is 1. The number of rotatable bonds is 4. The number of fused-ring (bicyclic) bond motifs is 1.